The van der Waals surface area contributed by atoms with E-state index in [2.05, 4.69) is 15.6 Å². The number of benzene rings is 2. The molecule has 4 aromatic rings. The summed E-state index contributed by atoms with van der Waals surface area (Å²) in [6.45, 7) is 7.11. The number of carbonyl (C=O) groups excluding carboxylic acids is 1. The highest BCUT2D eigenvalue weighted by atomic mass is 16.5. The molecule has 0 unspecified atom stereocenters. The molecule has 1 amide bonds. The summed E-state index contributed by atoms with van der Waals surface area (Å²) < 4.78 is 7.37. The van der Waals surface area contributed by atoms with Crippen LogP contribution in [0.2, 0.25) is 0 Å². The standard InChI is InChI=1S/C28H31N5O3/c1-28(2,3)32-27-31-23-18(11-8-12-19(23)26(35)33(27)4)22-15-20-24(29-22)21(30-25(20)34)13-14-36-16-17-9-6-5-7-10-17/h5-12,15,21,29H,13-14,16H2,1-4H3,(H,30,34)(H,31,32)/t21-/m1/s1. The van der Waals surface area contributed by atoms with Crippen LogP contribution >= 0.6 is 0 Å². The van der Waals surface area contributed by atoms with Crippen molar-refractivity contribution in [3.8, 4) is 11.3 Å². The fourth-order valence-corrected chi connectivity index (χ4v) is 4.53. The Bertz CT molecular complexity index is 1480. The minimum Gasteiger partial charge on any atom is -0.377 e. The number of carbonyl (C=O) groups is 1. The Hall–Kier alpha value is -3.91. The van der Waals surface area contributed by atoms with Crippen LogP contribution in [0.5, 0.6) is 0 Å². The summed E-state index contributed by atoms with van der Waals surface area (Å²) in [5.74, 6) is 0.387. The first kappa shape index (κ1) is 23.8. The molecular formula is C28H31N5O3. The summed E-state index contributed by atoms with van der Waals surface area (Å²) in [6.07, 6.45) is 0.652. The quantitative estimate of drug-likeness (QED) is 0.334. The number of H-pyrrole nitrogens is 1. The van der Waals surface area contributed by atoms with Gasteiger partial charge in [-0.2, -0.15) is 0 Å². The number of rotatable bonds is 7. The summed E-state index contributed by atoms with van der Waals surface area (Å²) >= 11 is 0. The molecule has 3 N–H and O–H groups in total. The SMILES string of the molecule is Cn1c(NC(C)(C)C)nc2c(-c3cc4c([nH]3)[C@@H](CCOCc3ccccc3)NC4=O)cccc2c1=O. The van der Waals surface area contributed by atoms with Crippen LogP contribution < -0.4 is 16.2 Å². The van der Waals surface area contributed by atoms with Crippen molar-refractivity contribution in [2.75, 3.05) is 11.9 Å². The second kappa shape index (κ2) is 9.28. The van der Waals surface area contributed by atoms with Gasteiger partial charge in [-0.15, -0.1) is 0 Å². The van der Waals surface area contributed by atoms with Gasteiger partial charge in [-0.3, -0.25) is 14.2 Å². The molecule has 1 aliphatic rings. The smallest absolute Gasteiger partial charge is 0.262 e. The van der Waals surface area contributed by atoms with E-state index in [1.54, 1.807) is 13.1 Å². The third-order valence-corrected chi connectivity index (χ3v) is 6.29. The van der Waals surface area contributed by atoms with E-state index in [9.17, 15) is 9.59 Å². The van der Waals surface area contributed by atoms with Crippen LogP contribution in [0.15, 0.2) is 59.4 Å². The first-order chi connectivity index (χ1) is 17.2. The van der Waals surface area contributed by atoms with Gasteiger partial charge in [0.2, 0.25) is 5.95 Å². The normalized spacial score (nSPS) is 15.2. The molecule has 0 bridgehead atoms. The molecule has 8 nitrogen and oxygen atoms in total. The van der Waals surface area contributed by atoms with Gasteiger partial charge in [0, 0.05) is 30.5 Å². The molecule has 0 radical (unpaired) electrons. The molecule has 5 rings (SSSR count). The lowest BCUT2D eigenvalue weighted by Crippen LogP contribution is -2.32. The van der Waals surface area contributed by atoms with Gasteiger partial charge in [-0.25, -0.2) is 4.98 Å². The third-order valence-electron chi connectivity index (χ3n) is 6.29. The first-order valence-corrected chi connectivity index (χ1v) is 12.1. The van der Waals surface area contributed by atoms with Gasteiger partial charge in [0.1, 0.15) is 0 Å². The van der Waals surface area contributed by atoms with Crippen molar-refractivity contribution in [3.05, 3.63) is 81.8 Å². The van der Waals surface area contributed by atoms with Crippen molar-refractivity contribution in [1.82, 2.24) is 19.9 Å². The topological polar surface area (TPSA) is 101 Å². The highest BCUT2D eigenvalue weighted by Gasteiger charge is 2.31. The number of nitrogens with one attached hydrogen (secondary N) is 3. The zero-order chi connectivity index (χ0) is 25.4. The predicted molar refractivity (Wildman–Crippen MR) is 141 cm³/mol. The van der Waals surface area contributed by atoms with Gasteiger partial charge < -0.3 is 20.4 Å². The van der Waals surface area contributed by atoms with Gasteiger partial charge in [-0.1, -0.05) is 42.5 Å². The molecule has 186 valence electrons. The summed E-state index contributed by atoms with van der Waals surface area (Å²) in [5, 5.41) is 6.88. The maximum Gasteiger partial charge on any atom is 0.262 e. The lowest BCUT2D eigenvalue weighted by molar-refractivity contribution is 0.0922. The Morgan fingerprint density at radius 3 is 2.58 bits per heavy atom. The van der Waals surface area contributed by atoms with Crippen LogP contribution in [-0.4, -0.2) is 32.6 Å². The van der Waals surface area contributed by atoms with Crippen molar-refractivity contribution < 1.29 is 9.53 Å². The maximum atomic E-state index is 13.1. The molecule has 0 spiro atoms. The van der Waals surface area contributed by atoms with Gasteiger partial charge in [0.15, 0.2) is 0 Å². The van der Waals surface area contributed by atoms with Crippen LogP contribution in [0.25, 0.3) is 22.2 Å². The minimum atomic E-state index is -0.263. The third kappa shape index (κ3) is 4.64. The Kier molecular flexibility index (Phi) is 6.14. The van der Waals surface area contributed by atoms with E-state index in [4.69, 9.17) is 9.72 Å². The van der Waals surface area contributed by atoms with Crippen molar-refractivity contribution in [1.29, 1.82) is 0 Å². The molecule has 2 aromatic heterocycles. The Labute approximate surface area is 209 Å². The molecule has 36 heavy (non-hydrogen) atoms. The molecule has 3 heterocycles. The highest BCUT2D eigenvalue weighted by molar-refractivity contribution is 6.01. The summed E-state index contributed by atoms with van der Waals surface area (Å²) in [4.78, 5) is 34.1. The molecule has 0 fully saturated rings. The Balaban J connectivity index is 1.43. The number of para-hydroxylation sites is 1. The van der Waals surface area contributed by atoms with Gasteiger partial charge in [-0.05, 0) is 44.9 Å². The van der Waals surface area contributed by atoms with Crippen LogP contribution in [0.1, 0.15) is 54.8 Å². The minimum absolute atomic E-state index is 0.111. The lowest BCUT2D eigenvalue weighted by Gasteiger charge is -2.23. The van der Waals surface area contributed by atoms with Gasteiger partial charge in [0.05, 0.1) is 34.8 Å². The number of anilines is 1. The van der Waals surface area contributed by atoms with E-state index in [1.807, 2.05) is 69.3 Å². The highest BCUT2D eigenvalue weighted by Crippen LogP contribution is 2.34. The number of hydrogen-bond acceptors (Lipinski definition) is 5. The molecule has 1 atom stereocenters. The molecule has 1 aliphatic heterocycles. The Morgan fingerprint density at radius 2 is 1.83 bits per heavy atom. The zero-order valence-corrected chi connectivity index (χ0v) is 21.0. The van der Waals surface area contributed by atoms with Crippen molar-refractivity contribution >= 4 is 22.8 Å². The predicted octanol–water partition coefficient (Wildman–Crippen LogP) is 4.53. The average molecular weight is 486 g/mol. The molecule has 0 aliphatic carbocycles. The van der Waals surface area contributed by atoms with E-state index in [1.165, 1.54) is 4.57 Å². The van der Waals surface area contributed by atoms with Crippen molar-refractivity contribution in [2.45, 2.75) is 45.4 Å². The number of aromatic nitrogens is 3. The van der Waals surface area contributed by atoms with E-state index in [0.717, 1.165) is 22.5 Å². The van der Waals surface area contributed by atoms with Crippen molar-refractivity contribution in [2.24, 2.45) is 7.05 Å². The lowest BCUT2D eigenvalue weighted by atomic mass is 10.1. The second-order valence-electron chi connectivity index (χ2n) is 10.2. The van der Waals surface area contributed by atoms with E-state index >= 15 is 0 Å². The molecule has 0 saturated heterocycles. The summed E-state index contributed by atoms with van der Waals surface area (Å²) in [5.41, 5.74) is 4.32. The largest absolute Gasteiger partial charge is 0.377 e. The van der Waals surface area contributed by atoms with Crippen LogP contribution in [0.3, 0.4) is 0 Å². The number of nitrogens with zero attached hydrogens (tertiary/aromatic N) is 2. The van der Waals surface area contributed by atoms with E-state index in [-0.39, 0.29) is 23.0 Å². The van der Waals surface area contributed by atoms with Crippen LogP contribution in [0.4, 0.5) is 5.95 Å². The summed E-state index contributed by atoms with van der Waals surface area (Å²) in [6, 6.07) is 17.3. The number of aromatic amines is 1. The zero-order valence-electron chi connectivity index (χ0n) is 21.0. The molecule has 0 saturated carbocycles. The second-order valence-corrected chi connectivity index (χ2v) is 10.2. The van der Waals surface area contributed by atoms with E-state index in [0.29, 0.717) is 42.0 Å². The number of fused-ring (bicyclic) bond motifs is 2. The fraction of sp³-hybridized carbons (Fsp3) is 0.321. The average Bonchev–Trinajstić information content (AvgIpc) is 3.40. The summed E-state index contributed by atoms with van der Waals surface area (Å²) in [7, 11) is 1.72. The van der Waals surface area contributed by atoms with Crippen molar-refractivity contribution in [3.63, 3.8) is 0 Å². The van der Waals surface area contributed by atoms with Crippen LogP contribution in [-0.2, 0) is 18.4 Å². The molecule has 2 aromatic carbocycles. The Morgan fingerprint density at radius 1 is 1.06 bits per heavy atom. The fourth-order valence-electron chi connectivity index (χ4n) is 4.53. The van der Waals surface area contributed by atoms with Gasteiger partial charge in [0.25, 0.3) is 11.5 Å². The van der Waals surface area contributed by atoms with Crippen LogP contribution in [0, 0.1) is 0 Å². The molecule has 8 heteroatoms. The number of amides is 1. The van der Waals surface area contributed by atoms with Gasteiger partial charge >= 0.3 is 0 Å². The maximum absolute atomic E-state index is 13.1. The first-order valence-electron chi connectivity index (χ1n) is 12.1. The van der Waals surface area contributed by atoms with E-state index < -0.39 is 0 Å². The number of hydrogen-bond donors (Lipinski definition) is 3. The monoisotopic (exact) mass is 485 g/mol. The number of ether oxygens (including phenoxy) is 1. The molecular weight excluding hydrogens is 454 g/mol.